The molecule has 100 valence electrons. The summed E-state index contributed by atoms with van der Waals surface area (Å²) in [5.74, 6) is 0.393. The lowest BCUT2D eigenvalue weighted by Crippen LogP contribution is -2.22. The molecule has 0 fully saturated rings. The molecule has 0 spiro atoms. The Morgan fingerprint density at radius 3 is 2.32 bits per heavy atom. The van der Waals surface area contributed by atoms with E-state index in [4.69, 9.17) is 0 Å². The van der Waals surface area contributed by atoms with E-state index in [9.17, 15) is 5.11 Å². The molecule has 0 radical (unpaired) electrons. The standard InChI is InChI=1S/C17H20OS/c1-2-15-7-8-16(19-15)11-17(18)14-9-12-5-3-4-6-13(12)10-14/h3-8,14,17-18H,2,9-11H2,1H3. The molecule has 1 aliphatic rings. The highest BCUT2D eigenvalue weighted by Gasteiger charge is 2.27. The molecule has 19 heavy (non-hydrogen) atoms. The molecule has 0 aliphatic heterocycles. The zero-order chi connectivity index (χ0) is 13.2. The summed E-state index contributed by atoms with van der Waals surface area (Å²) < 4.78 is 0. The van der Waals surface area contributed by atoms with E-state index in [0.717, 1.165) is 25.7 Å². The van der Waals surface area contributed by atoms with Crippen molar-refractivity contribution in [3.05, 3.63) is 57.3 Å². The Morgan fingerprint density at radius 2 is 1.74 bits per heavy atom. The second kappa shape index (κ2) is 5.48. The maximum absolute atomic E-state index is 10.5. The van der Waals surface area contributed by atoms with Crippen molar-refractivity contribution in [3.8, 4) is 0 Å². The van der Waals surface area contributed by atoms with E-state index in [1.807, 2.05) is 11.3 Å². The van der Waals surface area contributed by atoms with Crippen LogP contribution in [0.25, 0.3) is 0 Å². The van der Waals surface area contributed by atoms with E-state index in [0.29, 0.717) is 5.92 Å². The molecular weight excluding hydrogens is 252 g/mol. The monoisotopic (exact) mass is 272 g/mol. The minimum absolute atomic E-state index is 0.212. The summed E-state index contributed by atoms with van der Waals surface area (Å²) >= 11 is 1.84. The molecule has 1 aromatic heterocycles. The molecule has 1 unspecified atom stereocenters. The predicted octanol–water partition coefficient (Wildman–Crippen LogP) is 3.63. The molecular formula is C17H20OS. The lowest BCUT2D eigenvalue weighted by atomic mass is 9.96. The first-order chi connectivity index (χ1) is 9.26. The molecule has 0 saturated heterocycles. The van der Waals surface area contributed by atoms with Gasteiger partial charge in [0.15, 0.2) is 0 Å². The van der Waals surface area contributed by atoms with Gasteiger partial charge in [-0.25, -0.2) is 0 Å². The average molecular weight is 272 g/mol. The van der Waals surface area contributed by atoms with Crippen molar-refractivity contribution in [3.63, 3.8) is 0 Å². The Hall–Kier alpha value is -1.12. The quantitative estimate of drug-likeness (QED) is 0.901. The van der Waals surface area contributed by atoms with E-state index < -0.39 is 0 Å². The highest BCUT2D eigenvalue weighted by atomic mass is 32.1. The van der Waals surface area contributed by atoms with Crippen LogP contribution in [0.2, 0.25) is 0 Å². The molecule has 1 N–H and O–H groups in total. The van der Waals surface area contributed by atoms with Gasteiger partial charge in [-0.3, -0.25) is 0 Å². The van der Waals surface area contributed by atoms with Crippen molar-refractivity contribution in [2.75, 3.05) is 0 Å². The fraction of sp³-hybridized carbons (Fsp3) is 0.412. The Kier molecular flexibility index (Phi) is 3.72. The number of aliphatic hydroxyl groups excluding tert-OH is 1. The topological polar surface area (TPSA) is 20.2 Å². The summed E-state index contributed by atoms with van der Waals surface area (Å²) in [6.45, 7) is 2.18. The van der Waals surface area contributed by atoms with Crippen molar-refractivity contribution in [1.29, 1.82) is 0 Å². The van der Waals surface area contributed by atoms with Crippen LogP contribution in [0.3, 0.4) is 0 Å². The van der Waals surface area contributed by atoms with Gasteiger partial charge < -0.3 is 5.11 Å². The third-order valence-electron chi connectivity index (χ3n) is 4.10. The summed E-state index contributed by atoms with van der Waals surface area (Å²) in [7, 11) is 0. The van der Waals surface area contributed by atoms with E-state index in [1.54, 1.807) is 0 Å². The van der Waals surface area contributed by atoms with Crippen molar-refractivity contribution in [2.24, 2.45) is 5.92 Å². The maximum Gasteiger partial charge on any atom is 0.0622 e. The second-order valence-corrected chi connectivity index (χ2v) is 6.68. The van der Waals surface area contributed by atoms with Gasteiger partial charge in [0.25, 0.3) is 0 Å². The lowest BCUT2D eigenvalue weighted by Gasteiger charge is -2.16. The number of aliphatic hydroxyl groups is 1. The predicted molar refractivity (Wildman–Crippen MR) is 80.7 cm³/mol. The number of benzene rings is 1. The van der Waals surface area contributed by atoms with E-state index in [2.05, 4.69) is 43.3 Å². The largest absolute Gasteiger partial charge is 0.392 e. The molecule has 0 bridgehead atoms. The molecule has 2 heteroatoms. The molecule has 1 atom stereocenters. The molecule has 0 amide bonds. The summed E-state index contributed by atoms with van der Waals surface area (Å²) in [6, 6.07) is 13.0. The van der Waals surface area contributed by atoms with Crippen molar-refractivity contribution in [1.82, 2.24) is 0 Å². The van der Waals surface area contributed by atoms with Gasteiger partial charge in [-0.15, -0.1) is 11.3 Å². The molecule has 1 nitrogen and oxygen atoms in total. The number of hydrogen-bond acceptors (Lipinski definition) is 2. The van der Waals surface area contributed by atoms with Crippen LogP contribution in [-0.2, 0) is 25.7 Å². The van der Waals surface area contributed by atoms with Crippen LogP contribution < -0.4 is 0 Å². The number of rotatable bonds is 4. The van der Waals surface area contributed by atoms with Crippen LogP contribution in [-0.4, -0.2) is 11.2 Å². The van der Waals surface area contributed by atoms with Crippen LogP contribution in [0, 0.1) is 5.92 Å². The summed E-state index contributed by atoms with van der Waals surface area (Å²) in [5.41, 5.74) is 2.85. The van der Waals surface area contributed by atoms with Gasteiger partial charge in [0.1, 0.15) is 0 Å². The normalized spacial score (nSPS) is 16.5. The van der Waals surface area contributed by atoms with Crippen molar-refractivity contribution >= 4 is 11.3 Å². The van der Waals surface area contributed by atoms with E-state index >= 15 is 0 Å². The van der Waals surface area contributed by atoms with Crippen LogP contribution >= 0.6 is 11.3 Å². The van der Waals surface area contributed by atoms with Crippen LogP contribution in [0.15, 0.2) is 36.4 Å². The second-order valence-electron chi connectivity index (χ2n) is 5.43. The first-order valence-electron chi connectivity index (χ1n) is 7.08. The minimum Gasteiger partial charge on any atom is -0.392 e. The highest BCUT2D eigenvalue weighted by molar-refractivity contribution is 7.11. The maximum atomic E-state index is 10.5. The zero-order valence-corrected chi connectivity index (χ0v) is 12.1. The average Bonchev–Trinajstić information content (AvgIpc) is 3.04. The molecule has 3 rings (SSSR count). The molecule has 2 aromatic rings. The number of aryl methyl sites for hydroxylation is 1. The zero-order valence-electron chi connectivity index (χ0n) is 11.3. The van der Waals surface area contributed by atoms with Crippen molar-refractivity contribution < 1.29 is 5.11 Å². The van der Waals surface area contributed by atoms with Gasteiger partial charge in [0.2, 0.25) is 0 Å². The first-order valence-corrected chi connectivity index (χ1v) is 7.90. The highest BCUT2D eigenvalue weighted by Crippen LogP contribution is 2.30. The van der Waals surface area contributed by atoms with Crippen LogP contribution in [0.5, 0.6) is 0 Å². The van der Waals surface area contributed by atoms with Gasteiger partial charge in [-0.05, 0) is 48.4 Å². The SMILES string of the molecule is CCc1ccc(CC(O)C2Cc3ccccc3C2)s1. The number of hydrogen-bond donors (Lipinski definition) is 1. The number of thiophene rings is 1. The van der Waals surface area contributed by atoms with Gasteiger partial charge in [0.05, 0.1) is 6.10 Å². The van der Waals surface area contributed by atoms with Crippen LogP contribution in [0.4, 0.5) is 0 Å². The fourth-order valence-corrected chi connectivity index (χ4v) is 3.97. The third-order valence-corrected chi connectivity index (χ3v) is 5.35. The van der Waals surface area contributed by atoms with Gasteiger partial charge in [-0.2, -0.15) is 0 Å². The Balaban J connectivity index is 1.65. The fourth-order valence-electron chi connectivity index (χ4n) is 2.96. The molecule has 0 saturated carbocycles. The lowest BCUT2D eigenvalue weighted by molar-refractivity contribution is 0.113. The molecule has 1 heterocycles. The Labute approximate surface area is 118 Å². The summed E-state index contributed by atoms with van der Waals surface area (Å²) in [6.07, 6.45) is 3.75. The number of fused-ring (bicyclic) bond motifs is 1. The molecule has 1 aromatic carbocycles. The minimum atomic E-state index is -0.212. The summed E-state index contributed by atoms with van der Waals surface area (Å²) in [5, 5.41) is 10.5. The third kappa shape index (κ3) is 2.75. The smallest absolute Gasteiger partial charge is 0.0622 e. The van der Waals surface area contributed by atoms with Gasteiger partial charge in [0, 0.05) is 16.2 Å². The Morgan fingerprint density at radius 1 is 1.11 bits per heavy atom. The Bertz CT molecular complexity index is 533. The van der Waals surface area contributed by atoms with Gasteiger partial charge in [-0.1, -0.05) is 31.2 Å². The summed E-state index contributed by atoms with van der Waals surface area (Å²) in [4.78, 5) is 2.73. The first kappa shape index (κ1) is 12.9. The van der Waals surface area contributed by atoms with Gasteiger partial charge >= 0.3 is 0 Å². The van der Waals surface area contributed by atoms with E-state index in [1.165, 1.54) is 20.9 Å². The van der Waals surface area contributed by atoms with E-state index in [-0.39, 0.29) is 6.10 Å². The van der Waals surface area contributed by atoms with Crippen molar-refractivity contribution in [2.45, 2.75) is 38.7 Å². The molecule has 1 aliphatic carbocycles. The van der Waals surface area contributed by atoms with Crippen LogP contribution in [0.1, 0.15) is 27.8 Å².